The van der Waals surface area contributed by atoms with E-state index < -0.39 is 6.04 Å². The molecule has 1 N–H and O–H groups in total. The van der Waals surface area contributed by atoms with Crippen molar-refractivity contribution in [2.75, 3.05) is 26.3 Å². The molecule has 2 amide bonds. The number of benzene rings is 2. The van der Waals surface area contributed by atoms with Gasteiger partial charge in [-0.2, -0.15) is 0 Å². The molecular formula is C22H26N2O3. The Morgan fingerprint density at radius 2 is 1.52 bits per heavy atom. The minimum absolute atomic E-state index is 0.00730. The zero-order valence-electron chi connectivity index (χ0n) is 15.9. The van der Waals surface area contributed by atoms with Gasteiger partial charge in [0.15, 0.2) is 0 Å². The van der Waals surface area contributed by atoms with E-state index in [2.05, 4.69) is 5.32 Å². The lowest BCUT2D eigenvalue weighted by Gasteiger charge is -2.32. The molecule has 142 valence electrons. The fourth-order valence-electron chi connectivity index (χ4n) is 3.16. The van der Waals surface area contributed by atoms with Crippen LogP contribution in [0.3, 0.4) is 0 Å². The molecule has 0 saturated carbocycles. The number of ether oxygens (including phenoxy) is 1. The van der Waals surface area contributed by atoms with Gasteiger partial charge in [0.2, 0.25) is 5.91 Å². The van der Waals surface area contributed by atoms with Gasteiger partial charge in [-0.1, -0.05) is 56.3 Å². The van der Waals surface area contributed by atoms with Gasteiger partial charge in [-0.3, -0.25) is 9.59 Å². The minimum Gasteiger partial charge on any atom is -0.378 e. The van der Waals surface area contributed by atoms with Crippen LogP contribution in [-0.2, 0) is 9.53 Å². The number of rotatable bonds is 5. The number of carbonyl (C=O) groups is 2. The molecule has 1 fully saturated rings. The molecule has 1 aliphatic rings. The quantitative estimate of drug-likeness (QED) is 0.885. The maximum atomic E-state index is 12.8. The van der Waals surface area contributed by atoms with Gasteiger partial charge in [-0.15, -0.1) is 0 Å². The zero-order chi connectivity index (χ0) is 19.2. The van der Waals surface area contributed by atoms with E-state index in [0.29, 0.717) is 31.9 Å². The Morgan fingerprint density at radius 3 is 2.11 bits per heavy atom. The van der Waals surface area contributed by atoms with Crippen molar-refractivity contribution in [3.63, 3.8) is 0 Å². The highest BCUT2D eigenvalue weighted by atomic mass is 16.5. The SMILES string of the molecule is CC(C)[C@H](NC(=O)c1ccc(-c2ccccc2)cc1)C(=O)N1CCOCC1. The van der Waals surface area contributed by atoms with E-state index in [-0.39, 0.29) is 17.7 Å². The summed E-state index contributed by atoms with van der Waals surface area (Å²) < 4.78 is 5.31. The van der Waals surface area contributed by atoms with Gasteiger partial charge in [-0.05, 0) is 29.2 Å². The Kier molecular flexibility index (Phi) is 6.24. The van der Waals surface area contributed by atoms with Crippen LogP contribution in [-0.4, -0.2) is 49.1 Å². The number of nitrogens with zero attached hydrogens (tertiary/aromatic N) is 1. The predicted octanol–water partition coefficient (Wildman–Crippen LogP) is 2.97. The highest BCUT2D eigenvalue weighted by Gasteiger charge is 2.29. The van der Waals surface area contributed by atoms with Crippen LogP contribution in [0.2, 0.25) is 0 Å². The van der Waals surface area contributed by atoms with Crippen LogP contribution in [0.15, 0.2) is 54.6 Å². The van der Waals surface area contributed by atoms with Crippen molar-refractivity contribution in [3.8, 4) is 11.1 Å². The van der Waals surface area contributed by atoms with E-state index in [9.17, 15) is 9.59 Å². The van der Waals surface area contributed by atoms with Gasteiger partial charge in [0, 0.05) is 18.7 Å². The Balaban J connectivity index is 1.69. The lowest BCUT2D eigenvalue weighted by Crippen LogP contribution is -2.53. The highest BCUT2D eigenvalue weighted by Crippen LogP contribution is 2.19. The highest BCUT2D eigenvalue weighted by molar-refractivity contribution is 5.98. The fraction of sp³-hybridized carbons (Fsp3) is 0.364. The van der Waals surface area contributed by atoms with Crippen LogP contribution < -0.4 is 5.32 Å². The molecule has 0 radical (unpaired) electrons. The van der Waals surface area contributed by atoms with Crippen molar-refractivity contribution in [2.24, 2.45) is 5.92 Å². The molecule has 0 bridgehead atoms. The molecule has 1 heterocycles. The van der Waals surface area contributed by atoms with Gasteiger partial charge < -0.3 is 15.0 Å². The molecule has 2 aromatic rings. The Morgan fingerprint density at radius 1 is 0.926 bits per heavy atom. The molecular weight excluding hydrogens is 340 g/mol. The number of hydrogen-bond acceptors (Lipinski definition) is 3. The molecule has 0 aromatic heterocycles. The largest absolute Gasteiger partial charge is 0.378 e. The third-order valence-electron chi connectivity index (χ3n) is 4.80. The summed E-state index contributed by atoms with van der Waals surface area (Å²) in [6, 6.07) is 16.9. The third kappa shape index (κ3) is 4.74. The van der Waals surface area contributed by atoms with Crippen LogP contribution in [0, 0.1) is 5.92 Å². The summed E-state index contributed by atoms with van der Waals surface area (Å²) in [5.74, 6) is -0.259. The number of morpholine rings is 1. The molecule has 1 saturated heterocycles. The van der Waals surface area contributed by atoms with Gasteiger partial charge in [0.1, 0.15) is 6.04 Å². The van der Waals surface area contributed by atoms with Crippen molar-refractivity contribution < 1.29 is 14.3 Å². The average molecular weight is 366 g/mol. The molecule has 27 heavy (non-hydrogen) atoms. The lowest BCUT2D eigenvalue weighted by atomic mass is 10.0. The summed E-state index contributed by atoms with van der Waals surface area (Å²) in [4.78, 5) is 27.3. The lowest BCUT2D eigenvalue weighted by molar-refractivity contribution is -0.138. The van der Waals surface area contributed by atoms with Gasteiger partial charge in [-0.25, -0.2) is 0 Å². The van der Waals surface area contributed by atoms with Gasteiger partial charge in [0.25, 0.3) is 5.91 Å². The topological polar surface area (TPSA) is 58.6 Å². The number of amides is 2. The molecule has 1 aliphatic heterocycles. The minimum atomic E-state index is -0.538. The first-order chi connectivity index (χ1) is 13.1. The normalized spacial score (nSPS) is 15.4. The molecule has 0 unspecified atom stereocenters. The van der Waals surface area contributed by atoms with Crippen LogP contribution in [0.5, 0.6) is 0 Å². The van der Waals surface area contributed by atoms with Gasteiger partial charge in [0.05, 0.1) is 13.2 Å². The monoisotopic (exact) mass is 366 g/mol. The summed E-state index contributed by atoms with van der Waals surface area (Å²) in [5.41, 5.74) is 2.71. The second-order valence-corrected chi connectivity index (χ2v) is 7.08. The zero-order valence-corrected chi connectivity index (χ0v) is 15.9. The van der Waals surface area contributed by atoms with E-state index >= 15 is 0 Å². The average Bonchev–Trinajstić information content (AvgIpc) is 2.72. The van der Waals surface area contributed by atoms with E-state index in [0.717, 1.165) is 11.1 Å². The third-order valence-corrected chi connectivity index (χ3v) is 4.80. The fourth-order valence-corrected chi connectivity index (χ4v) is 3.16. The summed E-state index contributed by atoms with van der Waals surface area (Å²) in [6.45, 7) is 6.13. The summed E-state index contributed by atoms with van der Waals surface area (Å²) in [7, 11) is 0. The maximum Gasteiger partial charge on any atom is 0.251 e. The number of hydrogen-bond donors (Lipinski definition) is 1. The molecule has 3 rings (SSSR count). The number of carbonyl (C=O) groups excluding carboxylic acids is 2. The van der Waals surface area contributed by atoms with Crippen LogP contribution in [0.25, 0.3) is 11.1 Å². The van der Waals surface area contributed by atoms with Crippen molar-refractivity contribution in [3.05, 3.63) is 60.2 Å². The van der Waals surface area contributed by atoms with Crippen molar-refractivity contribution >= 4 is 11.8 Å². The Hall–Kier alpha value is -2.66. The Bertz CT molecular complexity index is 766. The molecule has 0 aliphatic carbocycles. The van der Waals surface area contributed by atoms with Crippen molar-refractivity contribution in [2.45, 2.75) is 19.9 Å². The predicted molar refractivity (Wildman–Crippen MR) is 105 cm³/mol. The summed E-state index contributed by atoms with van der Waals surface area (Å²) >= 11 is 0. The van der Waals surface area contributed by atoms with Crippen molar-refractivity contribution in [1.29, 1.82) is 0 Å². The second kappa shape index (κ2) is 8.82. The van der Waals surface area contributed by atoms with E-state index in [1.165, 1.54) is 0 Å². The van der Waals surface area contributed by atoms with Gasteiger partial charge >= 0.3 is 0 Å². The van der Waals surface area contributed by atoms with Crippen molar-refractivity contribution in [1.82, 2.24) is 10.2 Å². The van der Waals surface area contributed by atoms with Crippen LogP contribution >= 0.6 is 0 Å². The number of nitrogens with one attached hydrogen (secondary N) is 1. The van der Waals surface area contributed by atoms with Crippen LogP contribution in [0.1, 0.15) is 24.2 Å². The molecule has 5 nitrogen and oxygen atoms in total. The smallest absolute Gasteiger partial charge is 0.251 e. The molecule has 1 atom stereocenters. The van der Waals surface area contributed by atoms with Crippen LogP contribution in [0.4, 0.5) is 0 Å². The van der Waals surface area contributed by atoms with E-state index in [4.69, 9.17) is 4.74 Å². The first kappa shape index (κ1) is 19.1. The summed E-state index contributed by atoms with van der Waals surface area (Å²) in [6.07, 6.45) is 0. The van der Waals surface area contributed by atoms with E-state index in [1.54, 1.807) is 17.0 Å². The first-order valence-electron chi connectivity index (χ1n) is 9.39. The molecule has 5 heteroatoms. The molecule has 0 spiro atoms. The standard InChI is InChI=1S/C22H26N2O3/c1-16(2)20(22(26)24-12-14-27-15-13-24)23-21(25)19-10-8-18(9-11-19)17-6-4-3-5-7-17/h3-11,16,20H,12-15H2,1-2H3,(H,23,25)/t20-/m0/s1. The summed E-state index contributed by atoms with van der Waals surface area (Å²) in [5, 5.41) is 2.92. The van der Waals surface area contributed by atoms with E-state index in [1.807, 2.05) is 56.3 Å². The molecule has 2 aromatic carbocycles. The maximum absolute atomic E-state index is 12.8. The first-order valence-corrected chi connectivity index (χ1v) is 9.39. The Labute approximate surface area is 160 Å². The second-order valence-electron chi connectivity index (χ2n) is 7.08.